The second-order valence-corrected chi connectivity index (χ2v) is 13.5. The summed E-state index contributed by atoms with van der Waals surface area (Å²) in [5, 5.41) is 19.5. The van der Waals surface area contributed by atoms with Crippen molar-refractivity contribution in [3.63, 3.8) is 0 Å². The molecule has 4 amide bonds. The molecule has 14 heteroatoms. The topological polar surface area (TPSA) is 225 Å². The van der Waals surface area contributed by atoms with Crippen LogP contribution >= 0.6 is 0 Å². The average Bonchev–Trinajstić information content (AvgIpc) is 3.53. The van der Waals surface area contributed by atoms with Crippen LogP contribution in [0.5, 0.6) is 0 Å². The first-order valence-electron chi connectivity index (χ1n) is 17.6. The van der Waals surface area contributed by atoms with E-state index in [1.165, 1.54) is 11.8 Å². The number of carbonyl (C=O) groups is 5. The van der Waals surface area contributed by atoms with E-state index < -0.39 is 47.9 Å². The molecule has 0 spiro atoms. The number of para-hydroxylation sites is 1. The Balaban J connectivity index is 1.41. The maximum absolute atomic E-state index is 14.6. The van der Waals surface area contributed by atoms with E-state index in [2.05, 4.69) is 25.9 Å². The molecular weight excluding hydrogens is 652 g/mol. The number of hydrogen-bond donors (Lipinski definition) is 7. The molecule has 0 bridgehead atoms. The number of aromatic nitrogens is 1. The highest BCUT2D eigenvalue weighted by Gasteiger charge is 2.40. The molecular formula is C37H48N8O6. The number of aliphatic imine (C=N–C) groups is 1. The molecule has 1 aromatic heterocycles. The maximum atomic E-state index is 14.6. The minimum Gasteiger partial charge on any atom is -0.480 e. The number of fused-ring (bicyclic) bond motifs is 2. The number of carboxylic acid groups (broad SMARTS) is 1. The van der Waals surface area contributed by atoms with Gasteiger partial charge in [0.1, 0.15) is 24.2 Å². The van der Waals surface area contributed by atoms with Gasteiger partial charge in [0.2, 0.25) is 23.6 Å². The number of nitrogens with one attached hydrogen (secondary N) is 4. The van der Waals surface area contributed by atoms with Crippen LogP contribution in [-0.4, -0.2) is 81.3 Å². The van der Waals surface area contributed by atoms with Crippen molar-refractivity contribution in [3.8, 4) is 0 Å². The van der Waals surface area contributed by atoms with E-state index in [0.717, 1.165) is 59.7 Å². The van der Waals surface area contributed by atoms with Crippen molar-refractivity contribution < 1.29 is 29.1 Å². The Bertz CT molecular complexity index is 1760. The Labute approximate surface area is 296 Å². The molecule has 1 unspecified atom stereocenters. The van der Waals surface area contributed by atoms with Crippen LogP contribution in [0, 0.1) is 5.92 Å². The average molecular weight is 701 g/mol. The van der Waals surface area contributed by atoms with Gasteiger partial charge in [-0.3, -0.25) is 24.2 Å². The number of aromatic amines is 1. The van der Waals surface area contributed by atoms with Gasteiger partial charge in [0.05, 0.1) is 0 Å². The van der Waals surface area contributed by atoms with Crippen LogP contribution in [0.1, 0.15) is 68.6 Å². The van der Waals surface area contributed by atoms with Gasteiger partial charge in [-0.2, -0.15) is 0 Å². The molecule has 3 aromatic rings. The summed E-state index contributed by atoms with van der Waals surface area (Å²) in [6.07, 6.45) is 6.89. The molecule has 51 heavy (non-hydrogen) atoms. The summed E-state index contributed by atoms with van der Waals surface area (Å²) in [4.78, 5) is 75.8. The molecule has 1 saturated carbocycles. The van der Waals surface area contributed by atoms with Crippen molar-refractivity contribution in [1.29, 1.82) is 0 Å². The predicted octanol–water partition coefficient (Wildman–Crippen LogP) is 1.86. The van der Waals surface area contributed by atoms with E-state index in [1.54, 1.807) is 6.20 Å². The molecule has 1 aliphatic heterocycles. The standard InChI is InChI=1S/C37H48N8O6/c1-22(46)42-32(23-10-3-2-4-11-23)34(48)43-29(16-9-17-40-37(38)39)35(49)45-21-25-13-6-5-12-24(25)19-31(45)33(47)44-30(36(50)51)18-26-20-41-28-15-8-7-14-27(26)28/h5-8,12-15,20,23,29-32,41H,2-4,9-11,16-19,21H2,1H3,(H,42,46)(H,43,48)(H,44,47)(H,50,51)(H4,38,39,40)/t29-,30-,31-,32?/m0/s1. The molecule has 5 rings (SSSR count). The van der Waals surface area contributed by atoms with E-state index >= 15 is 0 Å². The molecule has 0 saturated heterocycles. The molecule has 1 fully saturated rings. The summed E-state index contributed by atoms with van der Waals surface area (Å²) in [6.45, 7) is 1.64. The number of carboxylic acids is 1. The monoisotopic (exact) mass is 700 g/mol. The number of aliphatic carboxylic acids is 1. The largest absolute Gasteiger partial charge is 0.480 e. The zero-order chi connectivity index (χ0) is 36.5. The van der Waals surface area contributed by atoms with Crippen LogP contribution in [0.3, 0.4) is 0 Å². The number of rotatable bonds is 14. The van der Waals surface area contributed by atoms with Gasteiger partial charge >= 0.3 is 5.97 Å². The second kappa shape index (κ2) is 17.0. The highest BCUT2D eigenvalue weighted by atomic mass is 16.4. The number of guanidine groups is 1. The number of benzene rings is 2. The second-order valence-electron chi connectivity index (χ2n) is 13.5. The van der Waals surface area contributed by atoms with E-state index in [9.17, 15) is 29.1 Å². The molecule has 2 heterocycles. The zero-order valence-electron chi connectivity index (χ0n) is 28.9. The molecule has 272 valence electrons. The number of hydrogen-bond acceptors (Lipinski definition) is 6. The van der Waals surface area contributed by atoms with Gasteiger partial charge in [-0.25, -0.2) is 4.79 Å². The molecule has 4 atom stereocenters. The van der Waals surface area contributed by atoms with Crippen molar-refractivity contribution in [3.05, 3.63) is 71.4 Å². The minimum absolute atomic E-state index is 0.0253. The number of nitrogens with two attached hydrogens (primary N) is 2. The van der Waals surface area contributed by atoms with Crippen LogP contribution in [0.15, 0.2) is 59.7 Å². The van der Waals surface area contributed by atoms with Gasteiger partial charge in [-0.15, -0.1) is 0 Å². The third-order valence-electron chi connectivity index (χ3n) is 9.87. The Morgan fingerprint density at radius 3 is 2.35 bits per heavy atom. The Kier molecular flexibility index (Phi) is 12.3. The lowest BCUT2D eigenvalue weighted by Crippen LogP contribution is -2.61. The summed E-state index contributed by atoms with van der Waals surface area (Å²) in [5.41, 5.74) is 14.3. The van der Waals surface area contributed by atoms with Crippen molar-refractivity contribution in [2.75, 3.05) is 6.54 Å². The predicted molar refractivity (Wildman–Crippen MR) is 192 cm³/mol. The van der Waals surface area contributed by atoms with Gasteiger partial charge in [0.15, 0.2) is 5.96 Å². The van der Waals surface area contributed by atoms with Gasteiger partial charge in [0, 0.05) is 50.0 Å². The van der Waals surface area contributed by atoms with Crippen LogP contribution in [0.2, 0.25) is 0 Å². The molecule has 0 radical (unpaired) electrons. The zero-order valence-corrected chi connectivity index (χ0v) is 28.9. The first kappa shape index (κ1) is 36.9. The fourth-order valence-electron chi connectivity index (χ4n) is 7.28. The van der Waals surface area contributed by atoms with Gasteiger partial charge in [-0.1, -0.05) is 61.7 Å². The van der Waals surface area contributed by atoms with Gasteiger partial charge in [-0.05, 0) is 54.4 Å². The van der Waals surface area contributed by atoms with Crippen molar-refractivity contribution in [2.24, 2.45) is 22.4 Å². The third-order valence-corrected chi connectivity index (χ3v) is 9.87. The van der Waals surface area contributed by atoms with E-state index in [4.69, 9.17) is 11.5 Å². The number of nitrogens with zero attached hydrogens (tertiary/aromatic N) is 2. The smallest absolute Gasteiger partial charge is 0.326 e. The highest BCUT2D eigenvalue weighted by Crippen LogP contribution is 2.28. The Morgan fingerprint density at radius 2 is 1.65 bits per heavy atom. The Morgan fingerprint density at radius 1 is 0.941 bits per heavy atom. The van der Waals surface area contributed by atoms with E-state index in [1.807, 2.05) is 48.5 Å². The number of carbonyl (C=O) groups excluding carboxylic acids is 4. The fraction of sp³-hybridized carbons (Fsp3) is 0.459. The highest BCUT2D eigenvalue weighted by molar-refractivity contribution is 5.95. The van der Waals surface area contributed by atoms with Crippen LogP contribution in [0.4, 0.5) is 0 Å². The fourth-order valence-corrected chi connectivity index (χ4v) is 7.28. The third kappa shape index (κ3) is 9.44. The van der Waals surface area contributed by atoms with Crippen LogP contribution in [0.25, 0.3) is 10.9 Å². The molecule has 2 aliphatic rings. The molecule has 14 nitrogen and oxygen atoms in total. The summed E-state index contributed by atoms with van der Waals surface area (Å²) in [5.74, 6) is -3.33. The first-order valence-corrected chi connectivity index (χ1v) is 17.6. The summed E-state index contributed by atoms with van der Waals surface area (Å²) in [6, 6.07) is 10.7. The van der Waals surface area contributed by atoms with Crippen molar-refractivity contribution >= 4 is 46.5 Å². The molecule has 9 N–H and O–H groups in total. The van der Waals surface area contributed by atoms with Crippen molar-refractivity contribution in [2.45, 2.75) is 95.4 Å². The van der Waals surface area contributed by atoms with Crippen molar-refractivity contribution in [1.82, 2.24) is 25.8 Å². The van der Waals surface area contributed by atoms with E-state index in [0.29, 0.717) is 6.42 Å². The molecule has 2 aromatic carbocycles. The van der Waals surface area contributed by atoms with Crippen LogP contribution in [-0.2, 0) is 43.4 Å². The van der Waals surface area contributed by atoms with Gasteiger partial charge < -0.3 is 42.4 Å². The quantitative estimate of drug-likeness (QED) is 0.0745. The van der Waals surface area contributed by atoms with E-state index in [-0.39, 0.29) is 50.1 Å². The summed E-state index contributed by atoms with van der Waals surface area (Å²) >= 11 is 0. The number of H-pyrrole nitrogens is 1. The Hall–Kier alpha value is -5.40. The molecule has 1 aliphatic carbocycles. The normalized spacial score (nSPS) is 17.7. The lowest BCUT2D eigenvalue weighted by atomic mass is 9.83. The maximum Gasteiger partial charge on any atom is 0.326 e. The van der Waals surface area contributed by atoms with Crippen LogP contribution < -0.4 is 27.4 Å². The summed E-state index contributed by atoms with van der Waals surface area (Å²) in [7, 11) is 0. The lowest BCUT2D eigenvalue weighted by molar-refractivity contribution is -0.147. The van der Waals surface area contributed by atoms with Gasteiger partial charge in [0.25, 0.3) is 0 Å². The SMILES string of the molecule is CC(=O)NC(C(=O)N[C@@H](CCCN=C(N)N)C(=O)N1Cc2ccccc2C[C@H]1C(=O)N[C@@H](Cc1c[nH]c2ccccc12)C(=O)O)C1CCCCC1. The minimum atomic E-state index is -1.27. The summed E-state index contributed by atoms with van der Waals surface area (Å²) < 4.78 is 0. The lowest BCUT2D eigenvalue weighted by Gasteiger charge is -2.39. The number of amides is 4. The first-order chi connectivity index (χ1) is 24.5.